The van der Waals surface area contributed by atoms with E-state index in [4.69, 9.17) is 5.73 Å². The van der Waals surface area contributed by atoms with Crippen molar-refractivity contribution < 1.29 is 9.59 Å². The van der Waals surface area contributed by atoms with E-state index in [2.05, 4.69) is 15.2 Å². The molecule has 1 unspecified atom stereocenters. The molecule has 3 heterocycles. The molecule has 7 heteroatoms. The van der Waals surface area contributed by atoms with Gasteiger partial charge in [-0.2, -0.15) is 0 Å². The molecular weight excluding hydrogens is 336 g/mol. The predicted molar refractivity (Wildman–Crippen MR) is 98.3 cm³/mol. The Morgan fingerprint density at radius 1 is 1.36 bits per heavy atom. The Morgan fingerprint density at radius 3 is 2.76 bits per heavy atom. The van der Waals surface area contributed by atoms with Crippen molar-refractivity contribution in [1.29, 1.82) is 0 Å². The Bertz CT molecular complexity index is 855. The van der Waals surface area contributed by atoms with Crippen molar-refractivity contribution in [3.63, 3.8) is 0 Å². The Balaban J connectivity index is 1.85. The van der Waals surface area contributed by atoms with E-state index >= 15 is 0 Å². The summed E-state index contributed by atoms with van der Waals surface area (Å²) in [5, 5.41) is 3.93. The molecule has 2 aliphatic heterocycles. The molecule has 3 N–H and O–H groups in total. The average molecular weight is 356 g/mol. The van der Waals surface area contributed by atoms with Crippen LogP contribution in [0.4, 0.5) is 11.4 Å². The van der Waals surface area contributed by atoms with Gasteiger partial charge >= 0.3 is 0 Å². The van der Waals surface area contributed by atoms with Crippen molar-refractivity contribution in [2.45, 2.75) is 32.1 Å². The molecule has 25 heavy (non-hydrogen) atoms. The number of nitrogens with two attached hydrogens (primary N) is 1. The van der Waals surface area contributed by atoms with Crippen LogP contribution < -0.4 is 16.0 Å². The topological polar surface area (TPSA) is 88.3 Å². The van der Waals surface area contributed by atoms with Gasteiger partial charge in [-0.05, 0) is 37.5 Å². The second-order valence-corrected chi connectivity index (χ2v) is 7.87. The third-order valence-electron chi connectivity index (χ3n) is 4.90. The van der Waals surface area contributed by atoms with Gasteiger partial charge in [-0.25, -0.2) is 4.98 Å². The second-order valence-electron chi connectivity index (χ2n) is 6.60. The lowest BCUT2D eigenvalue weighted by molar-refractivity contribution is -0.116. The largest absolute Gasteiger partial charge is 0.371 e. The van der Waals surface area contributed by atoms with Crippen LogP contribution in [0.5, 0.6) is 0 Å². The van der Waals surface area contributed by atoms with Crippen LogP contribution in [0.1, 0.15) is 51.0 Å². The highest BCUT2D eigenvalue weighted by atomic mass is 32.1. The lowest BCUT2D eigenvalue weighted by Gasteiger charge is -2.28. The minimum absolute atomic E-state index is 0.0113. The number of carbonyl (C=O) groups excluding carboxylic acids is 2. The van der Waals surface area contributed by atoms with Gasteiger partial charge in [0.15, 0.2) is 0 Å². The van der Waals surface area contributed by atoms with E-state index in [0.29, 0.717) is 12.0 Å². The zero-order chi connectivity index (χ0) is 17.6. The van der Waals surface area contributed by atoms with Gasteiger partial charge in [-0.15, -0.1) is 11.3 Å². The fourth-order valence-corrected chi connectivity index (χ4v) is 4.61. The number of hydrogen-bond acceptors (Lipinski definition) is 5. The van der Waals surface area contributed by atoms with Crippen molar-refractivity contribution in [2.75, 3.05) is 23.3 Å². The van der Waals surface area contributed by atoms with E-state index in [1.165, 1.54) is 0 Å². The Labute approximate surface area is 150 Å². The standard InChI is InChI=1S/C18H20N4O2S/c1-10-20-9-16(25-10)12-7-17(23)21-14-8-15(22-4-2-3-5-22)13(18(19)24)6-11(12)14/h6,8-9,12H,2-5,7H2,1H3,(H2,19,24)(H,21,23). The molecule has 130 valence electrons. The van der Waals surface area contributed by atoms with Crippen molar-refractivity contribution in [3.8, 4) is 0 Å². The van der Waals surface area contributed by atoms with Gasteiger partial charge in [0.05, 0.1) is 16.3 Å². The van der Waals surface area contributed by atoms with Gasteiger partial charge < -0.3 is 16.0 Å². The van der Waals surface area contributed by atoms with Gasteiger partial charge in [-0.3, -0.25) is 9.59 Å². The molecule has 4 rings (SSSR count). The van der Waals surface area contributed by atoms with E-state index in [0.717, 1.165) is 52.8 Å². The lowest BCUT2D eigenvalue weighted by atomic mass is 9.87. The molecule has 1 fully saturated rings. The fourth-order valence-electron chi connectivity index (χ4n) is 3.71. The number of aromatic nitrogens is 1. The molecule has 1 aromatic heterocycles. The van der Waals surface area contributed by atoms with E-state index in [1.807, 2.05) is 25.3 Å². The maximum Gasteiger partial charge on any atom is 0.250 e. The van der Waals surface area contributed by atoms with E-state index in [-0.39, 0.29) is 11.8 Å². The van der Waals surface area contributed by atoms with Gasteiger partial charge in [0.2, 0.25) is 5.91 Å². The number of thiazole rings is 1. The summed E-state index contributed by atoms with van der Waals surface area (Å²) < 4.78 is 0. The van der Waals surface area contributed by atoms with Crippen LogP contribution in [0.2, 0.25) is 0 Å². The van der Waals surface area contributed by atoms with Crippen molar-refractivity contribution in [1.82, 2.24) is 4.98 Å². The number of nitrogens with zero attached hydrogens (tertiary/aromatic N) is 2. The van der Waals surface area contributed by atoms with Crippen LogP contribution in [0.3, 0.4) is 0 Å². The number of hydrogen-bond donors (Lipinski definition) is 2. The lowest BCUT2D eigenvalue weighted by Crippen LogP contribution is -2.27. The molecule has 6 nitrogen and oxygen atoms in total. The van der Waals surface area contributed by atoms with E-state index in [1.54, 1.807) is 11.3 Å². The minimum Gasteiger partial charge on any atom is -0.371 e. The third-order valence-corrected chi connectivity index (χ3v) is 5.93. The van der Waals surface area contributed by atoms with Gasteiger partial charge in [0.25, 0.3) is 5.91 Å². The number of primary amides is 1. The van der Waals surface area contributed by atoms with Crippen LogP contribution in [0, 0.1) is 6.92 Å². The highest BCUT2D eigenvalue weighted by Gasteiger charge is 2.31. The highest BCUT2D eigenvalue weighted by molar-refractivity contribution is 7.11. The summed E-state index contributed by atoms with van der Waals surface area (Å²) in [5.41, 5.74) is 8.74. The van der Waals surface area contributed by atoms with Crippen LogP contribution >= 0.6 is 11.3 Å². The first-order valence-corrected chi connectivity index (χ1v) is 9.29. The Hall–Kier alpha value is -2.41. The predicted octanol–water partition coefficient (Wildman–Crippen LogP) is 2.62. The van der Waals surface area contributed by atoms with Gasteiger partial charge in [-0.1, -0.05) is 0 Å². The molecule has 2 aliphatic rings. The smallest absolute Gasteiger partial charge is 0.250 e. The maximum absolute atomic E-state index is 12.2. The van der Waals surface area contributed by atoms with Crippen LogP contribution in [0.15, 0.2) is 18.3 Å². The second kappa shape index (κ2) is 6.15. The average Bonchev–Trinajstić information content (AvgIpc) is 3.24. The first-order valence-electron chi connectivity index (χ1n) is 8.48. The summed E-state index contributed by atoms with van der Waals surface area (Å²) in [4.78, 5) is 31.8. The van der Waals surface area contributed by atoms with Crippen LogP contribution in [-0.4, -0.2) is 29.9 Å². The number of fused-ring (bicyclic) bond motifs is 1. The zero-order valence-corrected chi connectivity index (χ0v) is 14.9. The molecule has 0 radical (unpaired) electrons. The number of amides is 2. The summed E-state index contributed by atoms with van der Waals surface area (Å²) in [6.45, 7) is 3.76. The molecule has 2 aromatic rings. The molecule has 1 aromatic carbocycles. The number of benzene rings is 1. The molecule has 0 saturated carbocycles. The molecule has 1 saturated heterocycles. The van der Waals surface area contributed by atoms with Gasteiger partial charge in [0.1, 0.15) is 0 Å². The highest BCUT2D eigenvalue weighted by Crippen LogP contribution is 2.42. The first-order chi connectivity index (χ1) is 12.0. The molecular formula is C18H20N4O2S. The molecule has 0 spiro atoms. The summed E-state index contributed by atoms with van der Waals surface area (Å²) in [6, 6.07) is 3.78. The Kier molecular flexibility index (Phi) is 3.95. The maximum atomic E-state index is 12.2. The first kappa shape index (κ1) is 16.1. The van der Waals surface area contributed by atoms with Crippen molar-refractivity contribution >= 4 is 34.5 Å². The van der Waals surface area contributed by atoms with Gasteiger partial charge in [0, 0.05) is 42.2 Å². The number of rotatable bonds is 3. The van der Waals surface area contributed by atoms with Crippen LogP contribution in [0.25, 0.3) is 0 Å². The monoisotopic (exact) mass is 356 g/mol. The summed E-state index contributed by atoms with van der Waals surface area (Å²) >= 11 is 1.59. The number of aryl methyl sites for hydroxylation is 1. The summed E-state index contributed by atoms with van der Waals surface area (Å²) in [7, 11) is 0. The van der Waals surface area contributed by atoms with E-state index in [9.17, 15) is 9.59 Å². The SMILES string of the molecule is Cc1ncc(C2CC(=O)Nc3cc(N4CCCC4)c(C(N)=O)cc32)s1. The van der Waals surface area contributed by atoms with Crippen LogP contribution in [-0.2, 0) is 4.79 Å². The van der Waals surface area contributed by atoms with E-state index < -0.39 is 5.91 Å². The Morgan fingerprint density at radius 2 is 2.12 bits per heavy atom. The van der Waals surface area contributed by atoms with Crippen molar-refractivity contribution in [3.05, 3.63) is 39.3 Å². The summed E-state index contributed by atoms with van der Waals surface area (Å²) in [5.74, 6) is -0.524. The number of carbonyl (C=O) groups is 2. The number of anilines is 2. The molecule has 1 atom stereocenters. The molecule has 0 bridgehead atoms. The number of nitrogens with one attached hydrogen (secondary N) is 1. The quantitative estimate of drug-likeness (QED) is 0.885. The fraction of sp³-hybridized carbons (Fsp3) is 0.389. The zero-order valence-electron chi connectivity index (χ0n) is 14.0. The van der Waals surface area contributed by atoms with Crippen molar-refractivity contribution in [2.24, 2.45) is 5.73 Å². The normalized spacial score (nSPS) is 19.6. The minimum atomic E-state index is -0.430. The third kappa shape index (κ3) is 2.89. The summed E-state index contributed by atoms with van der Waals surface area (Å²) in [6.07, 6.45) is 4.39. The molecule has 0 aliphatic carbocycles. The molecule has 2 amide bonds.